The first kappa shape index (κ1) is 28.6. The van der Waals surface area contributed by atoms with Crippen LogP contribution in [0.5, 0.6) is 11.5 Å². The molecule has 0 bridgehead atoms. The number of para-hydroxylation sites is 1. The van der Waals surface area contributed by atoms with E-state index in [4.69, 9.17) is 40.6 Å². The average molecular weight is 608 g/mol. The second kappa shape index (κ2) is 11.7. The Labute approximate surface area is 254 Å². The monoisotopic (exact) mass is 607 g/mol. The Kier molecular flexibility index (Phi) is 7.77. The molecule has 0 radical (unpaired) electrons. The number of aromatic nitrogens is 2. The van der Waals surface area contributed by atoms with Crippen LogP contribution in [0.3, 0.4) is 0 Å². The fourth-order valence-corrected chi connectivity index (χ4v) is 6.63. The predicted octanol–water partition coefficient (Wildman–Crippen LogP) is 6.11. The number of ether oxygens (including phenoxy) is 4. The van der Waals surface area contributed by atoms with E-state index in [0.29, 0.717) is 34.6 Å². The zero-order valence-corrected chi connectivity index (χ0v) is 24.9. The smallest absolute Gasteiger partial charge is 0.278 e. The van der Waals surface area contributed by atoms with E-state index in [0.717, 1.165) is 80.0 Å². The van der Waals surface area contributed by atoms with E-state index in [9.17, 15) is 4.39 Å². The summed E-state index contributed by atoms with van der Waals surface area (Å²) >= 11 is 5.98. The highest BCUT2D eigenvalue weighted by atomic mass is 35.5. The molecule has 0 saturated carbocycles. The van der Waals surface area contributed by atoms with Gasteiger partial charge in [-0.05, 0) is 80.2 Å². The number of piperidine rings is 1. The Morgan fingerprint density at radius 1 is 1.09 bits per heavy atom. The average Bonchev–Trinajstić information content (AvgIpc) is 3.50. The molecule has 1 N–H and O–H groups in total. The van der Waals surface area contributed by atoms with Crippen molar-refractivity contribution in [1.29, 1.82) is 0 Å². The summed E-state index contributed by atoms with van der Waals surface area (Å²) in [5, 5.41) is 9.40. The van der Waals surface area contributed by atoms with E-state index in [-0.39, 0.29) is 12.9 Å². The lowest BCUT2D eigenvalue weighted by Crippen LogP contribution is -2.35. The minimum atomic E-state index is -1.26. The predicted molar refractivity (Wildman–Crippen MR) is 160 cm³/mol. The molecule has 7 rings (SSSR count). The maximum Gasteiger partial charge on any atom is 0.278 e. The third kappa shape index (κ3) is 5.60. The maximum absolute atomic E-state index is 14.8. The molecule has 3 aliphatic heterocycles. The molecule has 8 nitrogen and oxygen atoms in total. The molecule has 10 heteroatoms. The molecule has 2 fully saturated rings. The summed E-state index contributed by atoms with van der Waals surface area (Å²) in [6.45, 7) is 5.94. The van der Waals surface area contributed by atoms with Gasteiger partial charge in [0.1, 0.15) is 18.4 Å². The Balaban J connectivity index is 1.06. The van der Waals surface area contributed by atoms with E-state index in [1.807, 2.05) is 24.3 Å². The molecule has 0 amide bonds. The van der Waals surface area contributed by atoms with Gasteiger partial charge in [0.05, 0.1) is 42.4 Å². The molecule has 2 saturated heterocycles. The number of hydrogen-bond donors (Lipinski definition) is 1. The molecule has 0 unspecified atom stereocenters. The van der Waals surface area contributed by atoms with Gasteiger partial charge in [-0.25, -0.2) is 9.37 Å². The lowest BCUT2D eigenvalue weighted by Gasteiger charge is -2.33. The van der Waals surface area contributed by atoms with Crippen LogP contribution in [0.25, 0.3) is 11.0 Å². The van der Waals surface area contributed by atoms with Crippen LogP contribution >= 0.6 is 11.6 Å². The van der Waals surface area contributed by atoms with Gasteiger partial charge in [-0.1, -0.05) is 29.8 Å². The quantitative estimate of drug-likeness (QED) is 0.230. The number of nitrogens with zero attached hydrogens (tertiary/aromatic N) is 3. The minimum absolute atomic E-state index is 0.202. The summed E-state index contributed by atoms with van der Waals surface area (Å²) in [6.07, 6.45) is 3.17. The Bertz CT molecular complexity index is 1630. The summed E-state index contributed by atoms with van der Waals surface area (Å²) in [5.41, 5.74) is 4.44. The van der Waals surface area contributed by atoms with Gasteiger partial charge >= 0.3 is 0 Å². The highest BCUT2D eigenvalue weighted by Crippen LogP contribution is 2.50. The number of aliphatic hydroxyl groups is 1. The third-order valence-electron chi connectivity index (χ3n) is 8.86. The van der Waals surface area contributed by atoms with Crippen molar-refractivity contribution in [1.82, 2.24) is 14.5 Å². The first-order chi connectivity index (χ1) is 20.9. The van der Waals surface area contributed by atoms with E-state index in [1.54, 1.807) is 19.1 Å². The number of fused-ring (bicyclic) bond motifs is 2. The number of hydrogen-bond acceptors (Lipinski definition) is 7. The first-order valence-corrected chi connectivity index (χ1v) is 15.2. The van der Waals surface area contributed by atoms with Crippen molar-refractivity contribution in [3.8, 4) is 11.5 Å². The molecule has 1 aromatic heterocycles. The Morgan fingerprint density at radius 2 is 1.93 bits per heavy atom. The molecule has 4 heterocycles. The van der Waals surface area contributed by atoms with Crippen LogP contribution in [-0.2, 0) is 35.0 Å². The summed E-state index contributed by atoms with van der Waals surface area (Å²) in [6, 6.07) is 16.7. The number of imidazole rings is 1. The third-order valence-corrected chi connectivity index (χ3v) is 9.09. The second-order valence-corrected chi connectivity index (χ2v) is 12.2. The van der Waals surface area contributed by atoms with Crippen LogP contribution in [0.4, 0.5) is 4.39 Å². The minimum Gasteiger partial charge on any atom is -0.444 e. The molecule has 3 aromatic carbocycles. The van der Waals surface area contributed by atoms with Gasteiger partial charge in [0.25, 0.3) is 5.79 Å². The zero-order chi connectivity index (χ0) is 29.6. The summed E-state index contributed by atoms with van der Waals surface area (Å²) in [4.78, 5) is 7.48. The SMILES string of the molecule is C[C@]1(c2ccc(Cl)cc2F)Oc2cccc(C3CCN(Cc4nc5ccc(COCO)cc5n4C[C@@H]4CCO4)CC3)c2O1. The van der Waals surface area contributed by atoms with Crippen LogP contribution in [0.2, 0.25) is 5.02 Å². The molecule has 3 aliphatic rings. The van der Waals surface area contributed by atoms with Gasteiger partial charge in [0, 0.05) is 24.1 Å². The van der Waals surface area contributed by atoms with Gasteiger partial charge in [-0.2, -0.15) is 0 Å². The Hall–Kier alpha value is -3.21. The molecule has 226 valence electrons. The van der Waals surface area contributed by atoms with Crippen LogP contribution in [0.15, 0.2) is 54.6 Å². The fraction of sp³-hybridized carbons (Fsp3) is 0.424. The largest absolute Gasteiger partial charge is 0.444 e. The fourth-order valence-electron chi connectivity index (χ4n) is 6.47. The van der Waals surface area contributed by atoms with Crippen LogP contribution in [-0.4, -0.2) is 52.2 Å². The molecule has 0 spiro atoms. The van der Waals surface area contributed by atoms with Crippen LogP contribution in [0, 0.1) is 5.82 Å². The van der Waals surface area contributed by atoms with Crippen molar-refractivity contribution in [3.05, 3.63) is 88.0 Å². The molecule has 2 atom stereocenters. The van der Waals surface area contributed by atoms with Gasteiger partial charge in [-0.3, -0.25) is 4.90 Å². The van der Waals surface area contributed by atoms with E-state index in [1.165, 1.54) is 6.07 Å². The highest BCUT2D eigenvalue weighted by Gasteiger charge is 2.43. The van der Waals surface area contributed by atoms with E-state index < -0.39 is 11.6 Å². The summed E-state index contributed by atoms with van der Waals surface area (Å²) in [7, 11) is 0. The number of benzene rings is 3. The standard InChI is InChI=1S/C33H35ClFN3O5/c1-33(26-7-6-23(34)16-27(26)35)42-30-4-2-3-25(32(30)43-33)22-9-12-37(13-10-22)18-31-36-28-8-5-21(19-40-20-39)15-29(28)38(31)17-24-11-14-41-24/h2-8,15-16,22,24,39H,9-14,17-20H2,1H3/t24-,33-/m0/s1. The summed E-state index contributed by atoms with van der Waals surface area (Å²) in [5.74, 6) is 0.933. The lowest BCUT2D eigenvalue weighted by atomic mass is 9.88. The molecule has 4 aromatic rings. The van der Waals surface area contributed by atoms with Gasteiger partial charge in [-0.15, -0.1) is 0 Å². The van der Waals surface area contributed by atoms with Crippen molar-refractivity contribution in [3.63, 3.8) is 0 Å². The van der Waals surface area contributed by atoms with Crippen molar-refractivity contribution in [2.75, 3.05) is 26.5 Å². The number of halogens is 2. The van der Waals surface area contributed by atoms with Crippen molar-refractivity contribution in [2.24, 2.45) is 0 Å². The van der Waals surface area contributed by atoms with Gasteiger partial charge in [0.15, 0.2) is 11.5 Å². The van der Waals surface area contributed by atoms with Crippen molar-refractivity contribution in [2.45, 2.75) is 63.7 Å². The van der Waals surface area contributed by atoms with Crippen LogP contribution < -0.4 is 9.47 Å². The Morgan fingerprint density at radius 3 is 2.67 bits per heavy atom. The maximum atomic E-state index is 14.8. The highest BCUT2D eigenvalue weighted by molar-refractivity contribution is 6.30. The normalized spacial score (nSPS) is 22.3. The molecular formula is C33H35ClFN3O5. The second-order valence-electron chi connectivity index (χ2n) is 11.7. The summed E-state index contributed by atoms with van der Waals surface area (Å²) < 4.78 is 40.7. The van der Waals surface area contributed by atoms with Gasteiger partial charge in [0.2, 0.25) is 0 Å². The molecular weight excluding hydrogens is 573 g/mol. The van der Waals surface area contributed by atoms with Gasteiger partial charge < -0.3 is 28.6 Å². The number of rotatable bonds is 9. The van der Waals surface area contributed by atoms with Crippen LogP contribution in [0.1, 0.15) is 54.6 Å². The zero-order valence-electron chi connectivity index (χ0n) is 24.1. The molecule has 0 aliphatic carbocycles. The van der Waals surface area contributed by atoms with E-state index >= 15 is 0 Å². The number of aliphatic hydroxyl groups excluding tert-OH is 1. The lowest BCUT2D eigenvalue weighted by molar-refractivity contribution is -0.0712. The first-order valence-electron chi connectivity index (χ1n) is 14.9. The molecule has 43 heavy (non-hydrogen) atoms. The van der Waals surface area contributed by atoms with E-state index in [2.05, 4.69) is 21.6 Å². The topological polar surface area (TPSA) is 78.2 Å². The van der Waals surface area contributed by atoms with Crippen molar-refractivity contribution >= 4 is 22.6 Å². The number of likely N-dealkylation sites (tertiary alicyclic amines) is 1. The van der Waals surface area contributed by atoms with Crippen molar-refractivity contribution < 1.29 is 28.4 Å².